The van der Waals surface area contributed by atoms with Gasteiger partial charge in [-0.2, -0.15) is 18.2 Å². The third-order valence-corrected chi connectivity index (χ3v) is 9.23. The first-order valence-corrected chi connectivity index (χ1v) is 16.1. The first-order chi connectivity index (χ1) is 23.0. The van der Waals surface area contributed by atoms with Gasteiger partial charge in [0.05, 0.1) is 11.1 Å². The van der Waals surface area contributed by atoms with E-state index in [1.165, 1.54) is 33.4 Å². The molecule has 6 aromatic rings. The minimum Gasteiger partial charge on any atom is -0.509 e. The van der Waals surface area contributed by atoms with Gasteiger partial charge in [-0.1, -0.05) is 80.6 Å². The summed E-state index contributed by atoms with van der Waals surface area (Å²) in [5, 5.41) is 0. The van der Waals surface area contributed by atoms with Crippen LogP contribution in [0.1, 0.15) is 53.3 Å². The zero-order valence-corrected chi connectivity index (χ0v) is 29.3. The van der Waals surface area contributed by atoms with Crippen molar-refractivity contribution in [1.29, 1.82) is 0 Å². The monoisotopic (exact) mass is 803 g/mol. The summed E-state index contributed by atoms with van der Waals surface area (Å²) in [5.74, 6) is 1.74. The number of anilines is 2. The van der Waals surface area contributed by atoms with Crippen LogP contribution >= 0.6 is 0 Å². The second-order valence-electron chi connectivity index (χ2n) is 12.4. The largest absolute Gasteiger partial charge is 0.509 e. The number of fused-ring (bicyclic) bond motifs is 3. The summed E-state index contributed by atoms with van der Waals surface area (Å²) in [4.78, 5) is 9.14. The molecule has 8 rings (SSSR count). The van der Waals surface area contributed by atoms with Crippen LogP contribution in [0.15, 0.2) is 140 Å². The van der Waals surface area contributed by atoms with Gasteiger partial charge in [0.25, 0.3) is 0 Å². The molecule has 0 unspecified atom stereocenters. The maximum atomic E-state index is 6.49. The fourth-order valence-corrected chi connectivity index (χ4v) is 6.98. The molecule has 0 radical (unpaired) electrons. The summed E-state index contributed by atoms with van der Waals surface area (Å²) < 4.78 is 6.49. The van der Waals surface area contributed by atoms with E-state index < -0.39 is 5.41 Å². The van der Waals surface area contributed by atoms with Crippen molar-refractivity contribution in [2.75, 3.05) is 9.80 Å². The smallest absolute Gasteiger partial charge is 0.0663 e. The van der Waals surface area contributed by atoms with Gasteiger partial charge in [0.15, 0.2) is 0 Å². The predicted molar refractivity (Wildman–Crippen MR) is 189 cm³/mol. The van der Waals surface area contributed by atoms with Crippen LogP contribution in [0.25, 0.3) is 11.1 Å². The maximum Gasteiger partial charge on any atom is 0.0663 e. The molecule has 0 saturated carbocycles. The van der Waals surface area contributed by atoms with Gasteiger partial charge < -0.3 is 14.5 Å². The van der Waals surface area contributed by atoms with Gasteiger partial charge in [-0.05, 0) is 76.8 Å². The number of nitrogens with zero attached hydrogens (tertiary/aromatic N) is 3. The van der Waals surface area contributed by atoms with E-state index in [9.17, 15) is 0 Å². The van der Waals surface area contributed by atoms with Crippen molar-refractivity contribution < 1.29 is 25.8 Å². The second-order valence-corrected chi connectivity index (χ2v) is 12.4. The van der Waals surface area contributed by atoms with E-state index in [4.69, 9.17) is 9.72 Å². The minimum absolute atomic E-state index is 0. The van der Waals surface area contributed by atoms with Gasteiger partial charge in [0, 0.05) is 44.4 Å². The van der Waals surface area contributed by atoms with Crippen molar-refractivity contribution in [2.24, 2.45) is 0 Å². The summed E-state index contributed by atoms with van der Waals surface area (Å²) in [6.45, 7) is 8.69. The second kappa shape index (κ2) is 12.9. The first-order valence-electron chi connectivity index (χ1n) is 16.1. The Morgan fingerprint density at radius 1 is 0.708 bits per heavy atom. The average molecular weight is 804 g/mol. The molecule has 0 bridgehead atoms. The first kappa shape index (κ1) is 31.7. The molecular weight excluding hydrogens is 770 g/mol. The topological polar surface area (TPSA) is 28.6 Å². The van der Waals surface area contributed by atoms with E-state index in [1.807, 2.05) is 48.8 Å². The third kappa shape index (κ3) is 5.35. The van der Waals surface area contributed by atoms with E-state index in [-0.39, 0.29) is 21.1 Å². The van der Waals surface area contributed by atoms with Gasteiger partial charge in [-0.15, -0.1) is 48.3 Å². The van der Waals surface area contributed by atoms with Crippen molar-refractivity contribution in [3.8, 4) is 22.6 Å². The molecule has 0 atom stereocenters. The van der Waals surface area contributed by atoms with Crippen molar-refractivity contribution >= 4 is 11.4 Å². The van der Waals surface area contributed by atoms with Crippen molar-refractivity contribution in [1.82, 2.24) is 4.98 Å². The van der Waals surface area contributed by atoms with Gasteiger partial charge in [-0.25, -0.2) is 0 Å². The molecule has 2 aliphatic rings. The summed E-state index contributed by atoms with van der Waals surface area (Å²) in [6.07, 6.45) is 5.99. The van der Waals surface area contributed by atoms with Crippen LogP contribution in [0.4, 0.5) is 11.4 Å². The zero-order valence-electron chi connectivity index (χ0n) is 27.0. The van der Waals surface area contributed by atoms with Crippen LogP contribution in [-0.4, -0.2) is 4.98 Å². The molecule has 48 heavy (non-hydrogen) atoms. The Morgan fingerprint density at radius 2 is 1.38 bits per heavy atom. The van der Waals surface area contributed by atoms with Crippen molar-refractivity contribution in [3.05, 3.63) is 192 Å². The van der Waals surface area contributed by atoms with Crippen LogP contribution < -0.4 is 14.5 Å². The molecule has 2 heterocycles. The van der Waals surface area contributed by atoms with E-state index >= 15 is 0 Å². The number of benzene rings is 5. The van der Waals surface area contributed by atoms with E-state index in [0.29, 0.717) is 17.4 Å². The normalized spacial score (nSPS) is 14.1. The fraction of sp³-hybridized carbons (Fsp3) is 0.116. The summed E-state index contributed by atoms with van der Waals surface area (Å²) in [7, 11) is 0. The van der Waals surface area contributed by atoms with E-state index in [1.54, 1.807) is 0 Å². The Morgan fingerprint density at radius 3 is 2.06 bits per heavy atom. The van der Waals surface area contributed by atoms with Gasteiger partial charge in [0.2, 0.25) is 0 Å². The van der Waals surface area contributed by atoms with Crippen molar-refractivity contribution in [3.63, 3.8) is 0 Å². The Balaban J connectivity index is 0.00000364. The number of aromatic nitrogens is 1. The molecule has 0 fully saturated rings. The van der Waals surface area contributed by atoms with Gasteiger partial charge in [0.1, 0.15) is 0 Å². The predicted octanol–water partition coefficient (Wildman–Crippen LogP) is 10.2. The quantitative estimate of drug-likeness (QED) is 0.150. The Kier molecular flexibility index (Phi) is 8.54. The molecule has 0 N–H and O–H groups in total. The van der Waals surface area contributed by atoms with Gasteiger partial charge >= 0.3 is 0 Å². The van der Waals surface area contributed by atoms with Crippen LogP contribution in [-0.2, 0) is 26.5 Å². The van der Waals surface area contributed by atoms with Crippen LogP contribution in [0, 0.1) is 25.7 Å². The number of hydrogen-bond donors (Lipinski definition) is 0. The third-order valence-electron chi connectivity index (χ3n) is 9.23. The number of aryl methyl sites for hydroxylation is 1. The molecule has 1 aromatic heterocycles. The van der Waals surface area contributed by atoms with Crippen LogP contribution in [0.3, 0.4) is 0 Å². The molecule has 240 valence electrons. The van der Waals surface area contributed by atoms with Crippen molar-refractivity contribution in [2.45, 2.75) is 32.1 Å². The average Bonchev–Trinajstić information content (AvgIpc) is 3.71. The molecule has 0 amide bonds. The molecule has 4 nitrogen and oxygen atoms in total. The Labute approximate surface area is 297 Å². The molecule has 5 aromatic carbocycles. The minimum atomic E-state index is -0.635. The molecule has 1 aliphatic carbocycles. The van der Waals surface area contributed by atoms with Crippen LogP contribution in [0.5, 0.6) is 11.5 Å². The SMILES string of the molecule is Cc1cc(C(C)C)ccc1N1C=CN(c2[c-]c(Oc3[c-]c(C4(c5ccccn5)c5ccccc5-c5ccccc54)ccc3)ccc2)[CH-]1.[Pt]. The van der Waals surface area contributed by atoms with Gasteiger partial charge in [-0.3, -0.25) is 4.98 Å². The zero-order chi connectivity index (χ0) is 32.0. The molecular formula is C43H34N3OPt-3. The fourth-order valence-electron chi connectivity index (χ4n) is 6.98. The maximum absolute atomic E-state index is 6.49. The number of hydrogen-bond acceptors (Lipinski definition) is 4. The number of ether oxygens (including phenoxy) is 1. The molecule has 1 aliphatic heterocycles. The van der Waals surface area contributed by atoms with E-state index in [0.717, 1.165) is 22.6 Å². The van der Waals surface area contributed by atoms with Crippen LogP contribution in [0.2, 0.25) is 0 Å². The number of rotatable bonds is 7. The Bertz CT molecular complexity index is 2080. The summed E-state index contributed by atoms with van der Waals surface area (Å²) in [5.41, 5.74) is 10.7. The van der Waals surface area contributed by atoms with E-state index in [2.05, 4.69) is 141 Å². The summed E-state index contributed by atoms with van der Waals surface area (Å²) in [6, 6.07) is 49.3. The standard InChI is InChI=1S/C43H34N3O.Pt/c1-30(2)32-21-22-41(31(3)26-32)46-25-24-45(29-46)34-13-11-15-36(28-34)47-35-14-10-12-33(27-35)43(42-20-8-9-23-44-42)39-18-6-4-16-37(39)38-17-5-7-19-40(38)43;/h4-26,29-30H,1-3H3;/q-3;. The Hall–Kier alpha value is -4.92. The molecule has 5 heteroatoms. The molecule has 0 spiro atoms. The molecule has 0 saturated heterocycles. The number of pyridine rings is 1. The summed E-state index contributed by atoms with van der Waals surface area (Å²) >= 11 is 0.